The minimum atomic E-state index is 0.473. The third-order valence-electron chi connectivity index (χ3n) is 2.81. The Bertz CT molecular complexity index is 751. The van der Waals surface area contributed by atoms with Gasteiger partial charge in [0.25, 0.3) is 0 Å². The van der Waals surface area contributed by atoms with Crippen molar-refractivity contribution in [1.82, 2.24) is 14.5 Å². The topological polar surface area (TPSA) is 56.7 Å². The van der Waals surface area contributed by atoms with Crippen LogP contribution in [0.1, 0.15) is 5.56 Å². The van der Waals surface area contributed by atoms with Gasteiger partial charge in [0.2, 0.25) is 5.95 Å². The van der Waals surface area contributed by atoms with Gasteiger partial charge in [-0.1, -0.05) is 28.1 Å². The highest BCUT2D eigenvalue weighted by Gasteiger charge is 2.10. The summed E-state index contributed by atoms with van der Waals surface area (Å²) in [6, 6.07) is 10.0. The zero-order valence-corrected chi connectivity index (χ0v) is 13.0. The van der Waals surface area contributed by atoms with E-state index in [1.165, 1.54) is 0 Å². The van der Waals surface area contributed by atoms with Crippen LogP contribution in [0.5, 0.6) is 0 Å². The van der Waals surface area contributed by atoms with Crippen molar-refractivity contribution in [3.05, 3.63) is 51.0 Å². The first-order chi connectivity index (χ1) is 9.13. The lowest BCUT2D eigenvalue weighted by atomic mass is 10.2. The summed E-state index contributed by atoms with van der Waals surface area (Å²) in [4.78, 5) is 8.71. The van der Waals surface area contributed by atoms with Crippen LogP contribution in [0.2, 0.25) is 0 Å². The smallest absolute Gasteiger partial charge is 0.202 e. The molecule has 0 amide bonds. The van der Waals surface area contributed by atoms with Gasteiger partial charge in [-0.15, -0.1) is 0 Å². The molecule has 2 aromatic heterocycles. The molecule has 0 saturated heterocycles. The number of imidazole rings is 1. The predicted molar refractivity (Wildman–Crippen MR) is 82.9 cm³/mol. The summed E-state index contributed by atoms with van der Waals surface area (Å²) < 4.78 is 3.85. The SMILES string of the molecule is Nc1nc2cc(Br)cnc2n1Cc1cccc(Br)c1. The summed E-state index contributed by atoms with van der Waals surface area (Å²) in [5.41, 5.74) is 8.70. The van der Waals surface area contributed by atoms with Crippen molar-refractivity contribution >= 4 is 49.0 Å². The van der Waals surface area contributed by atoms with Gasteiger partial charge in [-0.05, 0) is 39.7 Å². The monoisotopic (exact) mass is 380 g/mol. The summed E-state index contributed by atoms with van der Waals surface area (Å²) >= 11 is 6.85. The number of hydrogen-bond donors (Lipinski definition) is 1. The average molecular weight is 382 g/mol. The quantitative estimate of drug-likeness (QED) is 0.737. The van der Waals surface area contributed by atoms with Crippen molar-refractivity contribution < 1.29 is 0 Å². The molecule has 4 nitrogen and oxygen atoms in total. The van der Waals surface area contributed by atoms with Gasteiger partial charge in [-0.3, -0.25) is 4.57 Å². The maximum Gasteiger partial charge on any atom is 0.202 e. The highest BCUT2D eigenvalue weighted by molar-refractivity contribution is 9.10. The minimum Gasteiger partial charge on any atom is -0.369 e. The van der Waals surface area contributed by atoms with Crippen LogP contribution < -0.4 is 5.73 Å². The fraction of sp³-hybridized carbons (Fsp3) is 0.0769. The van der Waals surface area contributed by atoms with Gasteiger partial charge in [0.1, 0.15) is 5.52 Å². The summed E-state index contributed by atoms with van der Waals surface area (Å²) in [6.07, 6.45) is 1.75. The maximum atomic E-state index is 5.97. The van der Waals surface area contributed by atoms with Crippen molar-refractivity contribution in [1.29, 1.82) is 0 Å². The molecule has 0 bridgehead atoms. The Labute approximate surface area is 126 Å². The van der Waals surface area contributed by atoms with Crippen LogP contribution in [0, 0.1) is 0 Å². The number of nitrogens with two attached hydrogens (primary N) is 1. The minimum absolute atomic E-state index is 0.473. The number of aromatic nitrogens is 3. The molecule has 6 heteroatoms. The van der Waals surface area contributed by atoms with Gasteiger partial charge >= 0.3 is 0 Å². The van der Waals surface area contributed by atoms with E-state index in [0.717, 1.165) is 25.7 Å². The molecule has 3 rings (SSSR count). The Morgan fingerprint density at radius 2 is 2.00 bits per heavy atom. The van der Waals surface area contributed by atoms with Crippen LogP contribution >= 0.6 is 31.9 Å². The van der Waals surface area contributed by atoms with E-state index in [-0.39, 0.29) is 0 Å². The summed E-state index contributed by atoms with van der Waals surface area (Å²) in [5.74, 6) is 0.473. The zero-order chi connectivity index (χ0) is 13.4. The fourth-order valence-electron chi connectivity index (χ4n) is 1.98. The Morgan fingerprint density at radius 1 is 1.16 bits per heavy atom. The lowest BCUT2D eigenvalue weighted by Crippen LogP contribution is -2.05. The van der Waals surface area contributed by atoms with Crippen molar-refractivity contribution in [2.45, 2.75) is 6.54 Å². The normalized spacial score (nSPS) is 11.1. The van der Waals surface area contributed by atoms with E-state index in [1.807, 2.05) is 22.8 Å². The second-order valence-electron chi connectivity index (χ2n) is 4.18. The van der Waals surface area contributed by atoms with Crippen LogP contribution in [-0.2, 0) is 6.54 Å². The molecule has 0 radical (unpaired) electrons. The van der Waals surface area contributed by atoms with Crippen LogP contribution in [0.4, 0.5) is 5.95 Å². The largest absolute Gasteiger partial charge is 0.369 e. The summed E-state index contributed by atoms with van der Waals surface area (Å²) in [7, 11) is 0. The molecule has 0 aliphatic rings. The van der Waals surface area contributed by atoms with E-state index in [0.29, 0.717) is 12.5 Å². The number of nitrogens with zero attached hydrogens (tertiary/aromatic N) is 3. The van der Waals surface area contributed by atoms with Gasteiger partial charge in [-0.2, -0.15) is 0 Å². The molecule has 2 N–H and O–H groups in total. The van der Waals surface area contributed by atoms with Crippen LogP contribution in [-0.4, -0.2) is 14.5 Å². The molecule has 0 aliphatic heterocycles. The number of anilines is 1. The van der Waals surface area contributed by atoms with Gasteiger partial charge in [0, 0.05) is 15.1 Å². The first-order valence-electron chi connectivity index (χ1n) is 5.65. The number of benzene rings is 1. The van der Waals surface area contributed by atoms with E-state index < -0.39 is 0 Å². The molecule has 0 unspecified atom stereocenters. The van der Waals surface area contributed by atoms with E-state index in [4.69, 9.17) is 5.73 Å². The van der Waals surface area contributed by atoms with Crippen molar-refractivity contribution in [2.24, 2.45) is 0 Å². The molecule has 1 aromatic carbocycles. The van der Waals surface area contributed by atoms with E-state index in [2.05, 4.69) is 54.0 Å². The lowest BCUT2D eigenvalue weighted by Gasteiger charge is -2.06. The molecular weight excluding hydrogens is 372 g/mol. The van der Waals surface area contributed by atoms with Gasteiger partial charge in [-0.25, -0.2) is 9.97 Å². The Morgan fingerprint density at radius 3 is 2.79 bits per heavy atom. The van der Waals surface area contributed by atoms with Crippen LogP contribution in [0.25, 0.3) is 11.2 Å². The van der Waals surface area contributed by atoms with Crippen LogP contribution in [0.15, 0.2) is 45.5 Å². The third-order valence-corrected chi connectivity index (χ3v) is 3.74. The molecule has 2 heterocycles. The van der Waals surface area contributed by atoms with Gasteiger partial charge < -0.3 is 5.73 Å². The molecular formula is C13H10Br2N4. The molecule has 3 aromatic rings. The summed E-state index contributed by atoms with van der Waals surface area (Å²) in [6.45, 7) is 0.649. The zero-order valence-electron chi connectivity index (χ0n) is 9.85. The molecule has 0 saturated carbocycles. The number of rotatable bonds is 2. The Balaban J connectivity index is 2.07. The highest BCUT2D eigenvalue weighted by atomic mass is 79.9. The van der Waals surface area contributed by atoms with Crippen molar-refractivity contribution in [3.63, 3.8) is 0 Å². The first kappa shape index (κ1) is 12.6. The maximum absolute atomic E-state index is 5.97. The number of halogens is 2. The van der Waals surface area contributed by atoms with Gasteiger partial charge in [0.05, 0.1) is 6.54 Å². The lowest BCUT2D eigenvalue weighted by molar-refractivity contribution is 0.827. The highest BCUT2D eigenvalue weighted by Crippen LogP contribution is 2.21. The molecule has 96 valence electrons. The fourth-order valence-corrected chi connectivity index (χ4v) is 2.74. The number of pyridine rings is 1. The Hall–Kier alpha value is -1.40. The van der Waals surface area contributed by atoms with Crippen LogP contribution in [0.3, 0.4) is 0 Å². The molecule has 0 fully saturated rings. The number of nitrogen functional groups attached to an aromatic ring is 1. The van der Waals surface area contributed by atoms with E-state index in [9.17, 15) is 0 Å². The average Bonchev–Trinajstić information content (AvgIpc) is 2.65. The van der Waals surface area contributed by atoms with E-state index >= 15 is 0 Å². The number of fused-ring (bicyclic) bond motifs is 1. The summed E-state index contributed by atoms with van der Waals surface area (Å²) in [5, 5.41) is 0. The number of hydrogen-bond acceptors (Lipinski definition) is 3. The van der Waals surface area contributed by atoms with Crippen molar-refractivity contribution in [3.8, 4) is 0 Å². The molecule has 0 spiro atoms. The van der Waals surface area contributed by atoms with Gasteiger partial charge in [0.15, 0.2) is 5.65 Å². The molecule has 19 heavy (non-hydrogen) atoms. The second-order valence-corrected chi connectivity index (χ2v) is 6.01. The second kappa shape index (κ2) is 4.94. The molecule has 0 atom stereocenters. The molecule has 0 aliphatic carbocycles. The van der Waals surface area contributed by atoms with E-state index in [1.54, 1.807) is 6.20 Å². The standard InChI is InChI=1S/C13H10Br2N4/c14-9-3-1-2-8(4-9)7-19-12-11(18-13(19)16)5-10(15)6-17-12/h1-6H,7H2,(H2,16,18). The predicted octanol–water partition coefficient (Wildman–Crippen LogP) is 3.59. The van der Waals surface area contributed by atoms with Crippen molar-refractivity contribution in [2.75, 3.05) is 5.73 Å². The Kier molecular flexibility index (Phi) is 3.28. The first-order valence-corrected chi connectivity index (χ1v) is 7.24. The third kappa shape index (κ3) is 2.50.